The van der Waals surface area contributed by atoms with E-state index in [0.717, 1.165) is 12.8 Å². The number of rotatable bonds is 6. The quantitative estimate of drug-likeness (QED) is 0.673. The summed E-state index contributed by atoms with van der Waals surface area (Å²) in [6.07, 6.45) is 0.682. The van der Waals surface area contributed by atoms with Crippen molar-refractivity contribution in [3.8, 4) is 0 Å². The molecule has 0 radical (unpaired) electrons. The molecule has 1 saturated carbocycles. The predicted molar refractivity (Wildman–Crippen MR) is 97.0 cm³/mol. The number of halogens is 3. The number of urea groups is 1. The first-order chi connectivity index (χ1) is 12.4. The summed E-state index contributed by atoms with van der Waals surface area (Å²) in [7, 11) is 0. The number of piperidine rings is 1. The average molecular weight is 398 g/mol. The van der Waals surface area contributed by atoms with Gasteiger partial charge in [-0.1, -0.05) is 11.9 Å². The molecule has 5 nitrogen and oxygen atoms in total. The number of carbonyl (C=O) groups excluding carboxylic acids is 1. The van der Waals surface area contributed by atoms with Crippen LogP contribution < -0.4 is 10.0 Å². The van der Waals surface area contributed by atoms with E-state index >= 15 is 0 Å². The minimum Gasteiger partial charge on any atom is -0.376 e. The van der Waals surface area contributed by atoms with E-state index in [1.807, 2.05) is 18.1 Å². The van der Waals surface area contributed by atoms with E-state index in [0.29, 0.717) is 32.5 Å². The Labute approximate surface area is 157 Å². The van der Waals surface area contributed by atoms with Crippen LogP contribution in [0.1, 0.15) is 45.4 Å². The zero-order valence-corrected chi connectivity index (χ0v) is 16.3. The van der Waals surface area contributed by atoms with Gasteiger partial charge in [-0.3, -0.25) is 4.72 Å². The Morgan fingerprint density at radius 2 is 1.92 bits per heavy atom. The zero-order valence-electron chi connectivity index (χ0n) is 15.5. The standard InChI is InChI=1S/C17H30F3N3O2S/c1-3-21-16(24)23-10-4-5-14(22-26-2)15(23)11-25-13-8-6-12(7-9-13)17(18,19)20/h12-15,22H,3-11H2,1-2H3,(H,21,24)/t12-,13+,14-,15-/m0/s1. The minimum absolute atomic E-state index is 0.102. The maximum atomic E-state index is 12.8. The van der Waals surface area contributed by atoms with Gasteiger partial charge in [0.25, 0.3) is 0 Å². The van der Waals surface area contributed by atoms with Crippen molar-refractivity contribution in [3.05, 3.63) is 0 Å². The fourth-order valence-electron chi connectivity index (χ4n) is 3.85. The molecule has 9 heteroatoms. The van der Waals surface area contributed by atoms with Gasteiger partial charge in [0.1, 0.15) is 0 Å². The lowest BCUT2D eigenvalue weighted by atomic mass is 9.87. The zero-order chi connectivity index (χ0) is 19.2. The van der Waals surface area contributed by atoms with Crippen LogP contribution in [0.15, 0.2) is 0 Å². The number of nitrogens with one attached hydrogen (secondary N) is 2. The molecule has 1 aliphatic heterocycles. The van der Waals surface area contributed by atoms with Crippen LogP contribution >= 0.6 is 11.9 Å². The molecule has 1 heterocycles. The highest BCUT2D eigenvalue weighted by Crippen LogP contribution is 2.38. The topological polar surface area (TPSA) is 53.6 Å². The second kappa shape index (κ2) is 10.0. The van der Waals surface area contributed by atoms with Gasteiger partial charge < -0.3 is 15.0 Å². The highest BCUT2D eigenvalue weighted by Gasteiger charge is 2.42. The molecule has 1 aliphatic carbocycles. The van der Waals surface area contributed by atoms with Crippen LogP contribution in [-0.2, 0) is 4.74 Å². The number of amides is 2. The summed E-state index contributed by atoms with van der Waals surface area (Å²) < 4.78 is 47.7. The van der Waals surface area contributed by atoms with Crippen LogP contribution in [0.25, 0.3) is 0 Å². The largest absolute Gasteiger partial charge is 0.391 e. The molecule has 2 N–H and O–H groups in total. The van der Waals surface area contributed by atoms with Crippen LogP contribution in [0, 0.1) is 5.92 Å². The monoisotopic (exact) mass is 397 g/mol. The van der Waals surface area contributed by atoms with Gasteiger partial charge >= 0.3 is 12.2 Å². The summed E-state index contributed by atoms with van der Waals surface area (Å²) in [5, 5.41) is 2.84. The molecule has 2 rings (SSSR count). The Morgan fingerprint density at radius 3 is 2.50 bits per heavy atom. The highest BCUT2D eigenvalue weighted by molar-refractivity contribution is 7.96. The Morgan fingerprint density at radius 1 is 1.23 bits per heavy atom. The third-order valence-electron chi connectivity index (χ3n) is 5.28. The minimum atomic E-state index is -4.10. The van der Waals surface area contributed by atoms with Gasteiger partial charge in [-0.15, -0.1) is 0 Å². The Balaban J connectivity index is 1.91. The summed E-state index contributed by atoms with van der Waals surface area (Å²) in [4.78, 5) is 14.2. The molecule has 0 unspecified atom stereocenters. The van der Waals surface area contributed by atoms with Gasteiger partial charge in [-0.05, 0) is 51.7 Å². The van der Waals surface area contributed by atoms with Crippen LogP contribution in [0.2, 0.25) is 0 Å². The van der Waals surface area contributed by atoms with E-state index in [2.05, 4.69) is 10.0 Å². The SMILES string of the molecule is CCNC(=O)N1CCC[C@H](NSC)[C@@H]1CO[C@H]1CC[C@@H](C(F)(F)F)CC1. The van der Waals surface area contributed by atoms with Crippen molar-refractivity contribution in [2.24, 2.45) is 5.92 Å². The predicted octanol–water partition coefficient (Wildman–Crippen LogP) is 3.55. The van der Waals surface area contributed by atoms with E-state index in [1.54, 1.807) is 0 Å². The van der Waals surface area contributed by atoms with Crippen molar-refractivity contribution in [1.29, 1.82) is 0 Å². The fraction of sp³-hybridized carbons (Fsp3) is 0.941. The maximum Gasteiger partial charge on any atom is 0.391 e. The van der Waals surface area contributed by atoms with Gasteiger partial charge in [0, 0.05) is 19.1 Å². The van der Waals surface area contributed by atoms with Gasteiger partial charge in [0.15, 0.2) is 0 Å². The fourth-order valence-corrected chi connectivity index (χ4v) is 4.43. The Bertz CT molecular complexity index is 443. The summed E-state index contributed by atoms with van der Waals surface area (Å²) in [6.45, 7) is 3.47. The molecule has 2 atom stereocenters. The first-order valence-corrected chi connectivity index (χ1v) is 10.6. The maximum absolute atomic E-state index is 12.8. The number of hydrogen-bond acceptors (Lipinski definition) is 4. The summed E-state index contributed by atoms with van der Waals surface area (Å²) in [6, 6.07) is -0.0922. The molecule has 0 aromatic heterocycles. The van der Waals surface area contributed by atoms with Gasteiger partial charge in [0.05, 0.1) is 24.7 Å². The van der Waals surface area contributed by atoms with Gasteiger partial charge in [-0.25, -0.2) is 4.79 Å². The molecule has 0 bridgehead atoms. The molecular formula is C17H30F3N3O2S. The molecule has 152 valence electrons. The Kier molecular flexibility index (Phi) is 8.35. The molecule has 0 aromatic rings. The van der Waals surface area contributed by atoms with Crippen LogP contribution in [-0.4, -0.2) is 61.2 Å². The molecule has 0 aromatic carbocycles. The van der Waals surface area contributed by atoms with E-state index in [9.17, 15) is 18.0 Å². The van der Waals surface area contributed by atoms with Crippen molar-refractivity contribution < 1.29 is 22.7 Å². The smallest absolute Gasteiger partial charge is 0.376 e. The van der Waals surface area contributed by atoms with E-state index in [-0.39, 0.29) is 37.1 Å². The van der Waals surface area contributed by atoms with Crippen molar-refractivity contribution in [2.75, 3.05) is 26.0 Å². The number of hydrogen-bond donors (Lipinski definition) is 2. The van der Waals surface area contributed by atoms with Crippen LogP contribution in [0.5, 0.6) is 0 Å². The molecule has 2 amide bonds. The third-order valence-corrected chi connectivity index (χ3v) is 5.82. The van der Waals surface area contributed by atoms with E-state index in [1.165, 1.54) is 11.9 Å². The van der Waals surface area contributed by atoms with Crippen molar-refractivity contribution in [2.45, 2.75) is 69.8 Å². The second-order valence-corrected chi connectivity index (χ2v) is 7.66. The Hall–Kier alpha value is -0.670. The summed E-state index contributed by atoms with van der Waals surface area (Å²) in [5.74, 6) is -1.20. The first-order valence-electron chi connectivity index (χ1n) is 9.38. The number of ether oxygens (including phenoxy) is 1. The molecule has 26 heavy (non-hydrogen) atoms. The summed E-state index contributed by atoms with van der Waals surface area (Å²) in [5.41, 5.74) is 0. The number of likely N-dealkylation sites (tertiary alicyclic amines) is 1. The lowest BCUT2D eigenvalue weighted by Gasteiger charge is -2.42. The van der Waals surface area contributed by atoms with Crippen molar-refractivity contribution >= 4 is 18.0 Å². The average Bonchev–Trinajstić information content (AvgIpc) is 2.60. The molecule has 1 saturated heterocycles. The number of nitrogens with zero attached hydrogens (tertiary/aromatic N) is 1. The van der Waals surface area contributed by atoms with E-state index < -0.39 is 12.1 Å². The van der Waals surface area contributed by atoms with Crippen LogP contribution in [0.3, 0.4) is 0 Å². The third kappa shape index (κ3) is 5.92. The lowest BCUT2D eigenvalue weighted by Crippen LogP contribution is -2.59. The van der Waals surface area contributed by atoms with Gasteiger partial charge in [0.2, 0.25) is 0 Å². The molecule has 2 fully saturated rings. The first kappa shape index (κ1) is 21.6. The lowest BCUT2D eigenvalue weighted by molar-refractivity contribution is -0.188. The van der Waals surface area contributed by atoms with Crippen molar-refractivity contribution in [3.63, 3.8) is 0 Å². The van der Waals surface area contributed by atoms with Gasteiger partial charge in [-0.2, -0.15) is 13.2 Å². The number of alkyl halides is 3. The van der Waals surface area contributed by atoms with E-state index in [4.69, 9.17) is 4.74 Å². The van der Waals surface area contributed by atoms with Crippen molar-refractivity contribution in [1.82, 2.24) is 14.9 Å². The normalized spacial score (nSPS) is 30.3. The molecular weight excluding hydrogens is 367 g/mol. The summed E-state index contributed by atoms with van der Waals surface area (Å²) >= 11 is 1.51. The molecule has 0 spiro atoms. The number of carbonyl (C=O) groups is 1. The molecule has 2 aliphatic rings. The van der Waals surface area contributed by atoms with Crippen LogP contribution in [0.4, 0.5) is 18.0 Å². The second-order valence-electron chi connectivity index (χ2n) is 7.02. The highest BCUT2D eigenvalue weighted by atomic mass is 32.2.